The van der Waals surface area contributed by atoms with Crippen LogP contribution in [0.1, 0.15) is 36.7 Å². The molecule has 0 saturated carbocycles. The van der Waals surface area contributed by atoms with Crippen molar-refractivity contribution in [3.8, 4) is 0 Å². The van der Waals surface area contributed by atoms with Gasteiger partial charge in [-0.25, -0.2) is 0 Å². The van der Waals surface area contributed by atoms with Gasteiger partial charge in [0.2, 0.25) is 0 Å². The van der Waals surface area contributed by atoms with Crippen LogP contribution in [0.5, 0.6) is 0 Å². The third kappa shape index (κ3) is 4.47. The van der Waals surface area contributed by atoms with E-state index >= 15 is 0 Å². The topological polar surface area (TPSA) is 75.3 Å². The van der Waals surface area contributed by atoms with E-state index in [-0.39, 0.29) is 18.0 Å². The van der Waals surface area contributed by atoms with E-state index in [1.54, 1.807) is 6.07 Å². The number of hydrogen-bond donors (Lipinski definition) is 3. The van der Waals surface area contributed by atoms with E-state index in [9.17, 15) is 9.90 Å². The molecule has 0 spiro atoms. The summed E-state index contributed by atoms with van der Waals surface area (Å²) in [5.74, 6) is -0.123. The average Bonchev–Trinajstić information content (AvgIpc) is 2.27. The predicted molar refractivity (Wildman–Crippen MR) is 72.4 cm³/mol. The Morgan fingerprint density at radius 2 is 2.00 bits per heavy atom. The molecule has 4 heteroatoms. The van der Waals surface area contributed by atoms with Gasteiger partial charge in [-0.05, 0) is 32.4 Å². The van der Waals surface area contributed by atoms with E-state index in [0.717, 1.165) is 5.56 Å². The van der Waals surface area contributed by atoms with Crippen molar-refractivity contribution in [2.45, 2.75) is 38.8 Å². The summed E-state index contributed by atoms with van der Waals surface area (Å²) in [7, 11) is 0. The lowest BCUT2D eigenvalue weighted by Crippen LogP contribution is -2.41. The van der Waals surface area contributed by atoms with Crippen molar-refractivity contribution >= 4 is 5.91 Å². The number of aliphatic hydroxyl groups is 1. The first-order valence-electron chi connectivity index (χ1n) is 6.12. The highest BCUT2D eigenvalue weighted by atomic mass is 16.3. The molecule has 0 saturated heterocycles. The van der Waals surface area contributed by atoms with Crippen LogP contribution in [-0.4, -0.2) is 29.2 Å². The minimum absolute atomic E-state index is 0.123. The highest BCUT2D eigenvalue weighted by molar-refractivity contribution is 5.96. The first kappa shape index (κ1) is 14.7. The number of nitrogens with one attached hydrogen (secondary N) is 1. The first-order chi connectivity index (χ1) is 8.33. The lowest BCUT2D eigenvalue weighted by Gasteiger charge is -2.22. The fourth-order valence-electron chi connectivity index (χ4n) is 1.66. The maximum absolute atomic E-state index is 12.1. The Kier molecular flexibility index (Phi) is 4.87. The molecule has 0 aliphatic rings. The van der Waals surface area contributed by atoms with Gasteiger partial charge in [0.15, 0.2) is 0 Å². The van der Waals surface area contributed by atoms with Crippen LogP contribution in [-0.2, 0) is 6.42 Å². The van der Waals surface area contributed by atoms with E-state index in [1.165, 1.54) is 0 Å². The molecule has 1 atom stereocenters. The third-order valence-corrected chi connectivity index (χ3v) is 2.48. The molecule has 18 heavy (non-hydrogen) atoms. The van der Waals surface area contributed by atoms with Crippen molar-refractivity contribution in [1.29, 1.82) is 0 Å². The molecule has 0 aliphatic carbocycles. The lowest BCUT2D eigenvalue weighted by atomic mass is 9.99. The van der Waals surface area contributed by atoms with Crippen LogP contribution >= 0.6 is 0 Å². The van der Waals surface area contributed by atoms with Crippen molar-refractivity contribution in [2.24, 2.45) is 5.73 Å². The van der Waals surface area contributed by atoms with Crippen molar-refractivity contribution < 1.29 is 9.90 Å². The van der Waals surface area contributed by atoms with Crippen LogP contribution in [0.25, 0.3) is 0 Å². The Labute approximate surface area is 108 Å². The molecule has 1 aromatic rings. The number of nitrogens with two attached hydrogens (primary N) is 1. The number of rotatable bonds is 4. The van der Waals surface area contributed by atoms with Gasteiger partial charge < -0.3 is 16.2 Å². The number of carbonyl (C=O) groups is 1. The first-order valence-corrected chi connectivity index (χ1v) is 6.12. The molecule has 1 aromatic carbocycles. The zero-order chi connectivity index (χ0) is 13.8. The van der Waals surface area contributed by atoms with Crippen LogP contribution in [0.3, 0.4) is 0 Å². The van der Waals surface area contributed by atoms with E-state index in [1.807, 2.05) is 39.0 Å². The Morgan fingerprint density at radius 3 is 2.56 bits per heavy atom. The summed E-state index contributed by atoms with van der Waals surface area (Å²) in [6.45, 7) is 5.99. The van der Waals surface area contributed by atoms with E-state index in [4.69, 9.17) is 5.73 Å². The molecule has 1 amide bonds. The molecule has 0 radical (unpaired) electrons. The van der Waals surface area contributed by atoms with E-state index in [2.05, 4.69) is 5.32 Å². The molecule has 4 nitrogen and oxygen atoms in total. The fraction of sp³-hybridized carbons (Fsp3) is 0.500. The lowest BCUT2D eigenvalue weighted by molar-refractivity contribution is 0.0917. The van der Waals surface area contributed by atoms with Gasteiger partial charge in [0.1, 0.15) is 0 Å². The molecule has 0 aromatic heterocycles. The largest absolute Gasteiger partial charge is 0.391 e. The number of aliphatic hydroxyl groups excluding tert-OH is 1. The summed E-state index contributed by atoms with van der Waals surface area (Å²) in [4.78, 5) is 12.1. The number of carbonyl (C=O) groups excluding carboxylic acids is 1. The molecule has 100 valence electrons. The fourth-order valence-corrected chi connectivity index (χ4v) is 1.66. The second-order valence-electron chi connectivity index (χ2n) is 5.45. The molecule has 0 bridgehead atoms. The second kappa shape index (κ2) is 5.98. The predicted octanol–water partition coefficient (Wildman–Crippen LogP) is 1.08. The van der Waals surface area contributed by atoms with Crippen LogP contribution in [0.15, 0.2) is 24.3 Å². The number of benzene rings is 1. The van der Waals surface area contributed by atoms with Gasteiger partial charge in [-0.3, -0.25) is 4.79 Å². The maximum atomic E-state index is 12.1. The Hall–Kier alpha value is -1.39. The Morgan fingerprint density at radius 1 is 1.39 bits per heavy atom. The van der Waals surface area contributed by atoms with Gasteiger partial charge in [-0.1, -0.05) is 18.2 Å². The van der Waals surface area contributed by atoms with E-state index < -0.39 is 6.10 Å². The van der Waals surface area contributed by atoms with Crippen molar-refractivity contribution in [2.75, 3.05) is 6.54 Å². The van der Waals surface area contributed by atoms with Gasteiger partial charge in [0.05, 0.1) is 6.10 Å². The summed E-state index contributed by atoms with van der Waals surface area (Å²) in [5.41, 5.74) is 6.53. The van der Waals surface area contributed by atoms with Crippen LogP contribution in [0, 0.1) is 0 Å². The quantitative estimate of drug-likeness (QED) is 0.748. The normalized spacial score (nSPS) is 13.2. The molecule has 1 unspecified atom stereocenters. The highest BCUT2D eigenvalue weighted by Gasteiger charge is 2.18. The molecule has 4 N–H and O–H groups in total. The summed E-state index contributed by atoms with van der Waals surface area (Å²) < 4.78 is 0. The monoisotopic (exact) mass is 250 g/mol. The van der Waals surface area contributed by atoms with E-state index in [0.29, 0.717) is 12.0 Å². The third-order valence-electron chi connectivity index (χ3n) is 2.48. The van der Waals surface area contributed by atoms with Gasteiger partial charge in [-0.15, -0.1) is 0 Å². The summed E-state index contributed by atoms with van der Waals surface area (Å²) in [6.07, 6.45) is -0.224. The standard InChI is InChI=1S/C14H22N2O2/c1-14(2,3)16-13(18)12-7-5-4-6-10(12)8-11(17)9-15/h4-7,11,17H,8-9,15H2,1-3H3,(H,16,18). The van der Waals surface area contributed by atoms with Crippen LogP contribution in [0.4, 0.5) is 0 Å². The van der Waals surface area contributed by atoms with Crippen LogP contribution in [0.2, 0.25) is 0 Å². The Balaban J connectivity index is 2.91. The molecular formula is C14H22N2O2. The summed E-state index contributed by atoms with van der Waals surface area (Å²) in [5, 5.41) is 12.5. The Bertz CT molecular complexity index is 411. The van der Waals surface area contributed by atoms with Gasteiger partial charge >= 0.3 is 0 Å². The molecule has 0 fully saturated rings. The summed E-state index contributed by atoms with van der Waals surface area (Å²) in [6, 6.07) is 7.28. The molecule has 0 aliphatic heterocycles. The van der Waals surface area contributed by atoms with Crippen LogP contribution < -0.4 is 11.1 Å². The molecular weight excluding hydrogens is 228 g/mol. The smallest absolute Gasteiger partial charge is 0.251 e. The highest BCUT2D eigenvalue weighted by Crippen LogP contribution is 2.13. The van der Waals surface area contributed by atoms with Crippen molar-refractivity contribution in [3.05, 3.63) is 35.4 Å². The second-order valence-corrected chi connectivity index (χ2v) is 5.45. The van der Waals surface area contributed by atoms with Gasteiger partial charge in [-0.2, -0.15) is 0 Å². The SMILES string of the molecule is CC(C)(C)NC(=O)c1ccccc1CC(O)CN. The maximum Gasteiger partial charge on any atom is 0.251 e. The number of amides is 1. The zero-order valence-corrected chi connectivity index (χ0v) is 11.2. The molecule has 1 rings (SSSR count). The van der Waals surface area contributed by atoms with Crippen molar-refractivity contribution in [3.63, 3.8) is 0 Å². The van der Waals surface area contributed by atoms with Crippen molar-refractivity contribution in [1.82, 2.24) is 5.32 Å². The van der Waals surface area contributed by atoms with Gasteiger partial charge in [0.25, 0.3) is 5.91 Å². The summed E-state index contributed by atoms with van der Waals surface area (Å²) >= 11 is 0. The minimum atomic E-state index is -0.617. The average molecular weight is 250 g/mol. The molecule has 0 heterocycles. The minimum Gasteiger partial charge on any atom is -0.391 e. The van der Waals surface area contributed by atoms with Gasteiger partial charge in [0, 0.05) is 24.1 Å². The zero-order valence-electron chi connectivity index (χ0n) is 11.2. The number of hydrogen-bond acceptors (Lipinski definition) is 3.